The van der Waals surface area contributed by atoms with Crippen LogP contribution in [0, 0.1) is 6.92 Å². The van der Waals surface area contributed by atoms with Gasteiger partial charge in [-0.1, -0.05) is 41.4 Å². The Morgan fingerprint density at radius 1 is 0.903 bits per heavy atom. The summed E-state index contributed by atoms with van der Waals surface area (Å²) in [5, 5.41) is 0.309. The minimum absolute atomic E-state index is 0.0295. The summed E-state index contributed by atoms with van der Waals surface area (Å²) < 4.78 is 56.0. The molecule has 3 aromatic rings. The summed E-state index contributed by atoms with van der Waals surface area (Å²) in [5.74, 6) is 0. The third-order valence-electron chi connectivity index (χ3n) is 5.13. The molecule has 1 N–H and O–H groups in total. The molecule has 0 saturated carbocycles. The van der Waals surface area contributed by atoms with Crippen LogP contribution in [0.4, 0.5) is 11.4 Å². The number of benzene rings is 3. The molecule has 0 aliphatic carbocycles. The third-order valence-corrected chi connectivity index (χ3v) is 8.57. The van der Waals surface area contributed by atoms with E-state index < -0.39 is 20.0 Å². The van der Waals surface area contributed by atoms with Crippen LogP contribution in [0.15, 0.2) is 76.5 Å². The molecule has 1 aliphatic rings. The van der Waals surface area contributed by atoms with Crippen molar-refractivity contribution in [2.24, 2.45) is 0 Å². The summed E-state index contributed by atoms with van der Waals surface area (Å²) in [6, 6.07) is 17.6. The zero-order chi connectivity index (χ0) is 22.2. The molecule has 0 unspecified atom stereocenters. The highest BCUT2D eigenvalue weighted by Gasteiger charge is 2.29. The summed E-state index contributed by atoms with van der Waals surface area (Å²) >= 11 is 5.92. The largest absolute Gasteiger partial charge is 0.280 e. The van der Waals surface area contributed by atoms with Gasteiger partial charge in [-0.3, -0.25) is 9.03 Å². The first kappa shape index (κ1) is 21.7. The van der Waals surface area contributed by atoms with Crippen molar-refractivity contribution in [3.8, 4) is 0 Å². The second kappa shape index (κ2) is 8.18. The van der Waals surface area contributed by atoms with E-state index in [0.29, 0.717) is 23.7 Å². The lowest BCUT2D eigenvalue weighted by atomic mass is 10.0. The quantitative estimate of drug-likeness (QED) is 0.583. The molecule has 0 amide bonds. The Balaban J connectivity index is 1.71. The maximum absolute atomic E-state index is 13.3. The minimum Gasteiger partial charge on any atom is -0.280 e. The van der Waals surface area contributed by atoms with Crippen LogP contribution in [-0.4, -0.2) is 23.4 Å². The topological polar surface area (TPSA) is 83.6 Å². The number of hydrogen-bond acceptors (Lipinski definition) is 4. The number of fused-ring (bicyclic) bond motifs is 1. The van der Waals surface area contributed by atoms with Gasteiger partial charge in [-0.25, -0.2) is 16.8 Å². The molecule has 0 radical (unpaired) electrons. The van der Waals surface area contributed by atoms with Gasteiger partial charge in [-0.05, 0) is 67.8 Å². The summed E-state index contributed by atoms with van der Waals surface area (Å²) in [4.78, 5) is 0.234. The van der Waals surface area contributed by atoms with Gasteiger partial charge >= 0.3 is 0 Å². The van der Waals surface area contributed by atoms with E-state index in [1.807, 2.05) is 6.92 Å². The predicted molar refractivity (Wildman–Crippen MR) is 123 cm³/mol. The summed E-state index contributed by atoms with van der Waals surface area (Å²) in [7, 11) is -7.65. The zero-order valence-corrected chi connectivity index (χ0v) is 19.1. The number of nitrogens with one attached hydrogen (secondary N) is 1. The lowest BCUT2D eigenvalue weighted by molar-refractivity contribution is 0.586. The Morgan fingerprint density at radius 3 is 2.35 bits per heavy atom. The molecule has 162 valence electrons. The molecule has 0 spiro atoms. The zero-order valence-electron chi connectivity index (χ0n) is 16.7. The fourth-order valence-electron chi connectivity index (χ4n) is 3.54. The lowest BCUT2D eigenvalue weighted by Crippen LogP contribution is -2.35. The van der Waals surface area contributed by atoms with Crippen molar-refractivity contribution in [2.75, 3.05) is 15.6 Å². The van der Waals surface area contributed by atoms with E-state index in [4.69, 9.17) is 11.6 Å². The van der Waals surface area contributed by atoms with Crippen LogP contribution in [0.2, 0.25) is 5.02 Å². The molecule has 31 heavy (non-hydrogen) atoms. The number of sulfonamides is 2. The summed E-state index contributed by atoms with van der Waals surface area (Å²) in [6.45, 7) is 2.22. The Bertz CT molecular complexity index is 1340. The van der Waals surface area contributed by atoms with Crippen LogP contribution < -0.4 is 9.03 Å². The van der Waals surface area contributed by atoms with Crippen molar-refractivity contribution in [2.45, 2.75) is 29.6 Å². The fourth-order valence-corrected chi connectivity index (χ4v) is 6.42. The Morgan fingerprint density at radius 2 is 1.65 bits per heavy atom. The maximum atomic E-state index is 13.3. The second-order valence-electron chi connectivity index (χ2n) is 7.40. The molecule has 1 heterocycles. The molecule has 0 saturated heterocycles. The molecule has 0 atom stereocenters. The number of aryl methyl sites for hydroxylation is 2. The first-order chi connectivity index (χ1) is 14.7. The van der Waals surface area contributed by atoms with Crippen molar-refractivity contribution in [3.05, 3.63) is 82.9 Å². The van der Waals surface area contributed by atoms with Gasteiger partial charge in [-0.2, -0.15) is 0 Å². The van der Waals surface area contributed by atoms with Crippen LogP contribution in [0.25, 0.3) is 0 Å². The Labute approximate surface area is 187 Å². The van der Waals surface area contributed by atoms with E-state index >= 15 is 0 Å². The molecule has 4 rings (SSSR count). The Hall–Kier alpha value is -2.55. The van der Waals surface area contributed by atoms with E-state index in [2.05, 4.69) is 4.72 Å². The predicted octanol–water partition coefficient (Wildman–Crippen LogP) is 4.59. The van der Waals surface area contributed by atoms with E-state index in [0.717, 1.165) is 17.5 Å². The Kier molecular flexibility index (Phi) is 5.72. The van der Waals surface area contributed by atoms with Gasteiger partial charge in [0.2, 0.25) is 0 Å². The van der Waals surface area contributed by atoms with Gasteiger partial charge in [0, 0.05) is 11.6 Å². The minimum atomic E-state index is -3.87. The fraction of sp³-hybridized carbons (Fsp3) is 0.182. The SMILES string of the molecule is Cc1ccc(S(=O)(=O)N2CCCc3ccc(NS(=O)(=O)c4cccc(Cl)c4)cc32)cc1. The van der Waals surface area contributed by atoms with E-state index in [-0.39, 0.29) is 15.5 Å². The third kappa shape index (κ3) is 4.42. The van der Waals surface area contributed by atoms with Crippen molar-refractivity contribution < 1.29 is 16.8 Å². The highest BCUT2D eigenvalue weighted by atomic mass is 35.5. The van der Waals surface area contributed by atoms with Crippen molar-refractivity contribution in [3.63, 3.8) is 0 Å². The average molecular weight is 477 g/mol. The van der Waals surface area contributed by atoms with E-state index in [1.54, 1.807) is 54.6 Å². The number of nitrogens with zero attached hydrogens (tertiary/aromatic N) is 1. The highest BCUT2D eigenvalue weighted by Crippen LogP contribution is 2.35. The van der Waals surface area contributed by atoms with Crippen LogP contribution >= 0.6 is 11.6 Å². The molecule has 0 fully saturated rings. The number of anilines is 2. The normalized spacial score (nSPS) is 14.2. The maximum Gasteiger partial charge on any atom is 0.264 e. The average Bonchev–Trinajstić information content (AvgIpc) is 2.73. The van der Waals surface area contributed by atoms with Crippen molar-refractivity contribution in [1.82, 2.24) is 0 Å². The van der Waals surface area contributed by atoms with Gasteiger partial charge in [0.1, 0.15) is 0 Å². The van der Waals surface area contributed by atoms with Crippen molar-refractivity contribution in [1.29, 1.82) is 0 Å². The van der Waals surface area contributed by atoms with Gasteiger partial charge in [0.15, 0.2) is 0 Å². The van der Waals surface area contributed by atoms with Gasteiger partial charge < -0.3 is 0 Å². The highest BCUT2D eigenvalue weighted by molar-refractivity contribution is 7.93. The summed E-state index contributed by atoms with van der Waals surface area (Å²) in [6.07, 6.45) is 1.41. The molecule has 0 bridgehead atoms. The first-order valence-electron chi connectivity index (χ1n) is 9.67. The second-order valence-corrected chi connectivity index (χ2v) is 11.4. The molecule has 1 aliphatic heterocycles. The van der Waals surface area contributed by atoms with Gasteiger partial charge in [-0.15, -0.1) is 0 Å². The molecular weight excluding hydrogens is 456 g/mol. The number of halogens is 1. The molecule has 6 nitrogen and oxygen atoms in total. The first-order valence-corrected chi connectivity index (χ1v) is 13.0. The number of hydrogen-bond donors (Lipinski definition) is 1. The van der Waals surface area contributed by atoms with E-state index in [1.165, 1.54) is 16.4 Å². The van der Waals surface area contributed by atoms with Crippen molar-refractivity contribution >= 4 is 43.0 Å². The summed E-state index contributed by atoms with van der Waals surface area (Å²) in [5.41, 5.74) is 2.59. The van der Waals surface area contributed by atoms with Crippen LogP contribution in [0.3, 0.4) is 0 Å². The monoisotopic (exact) mass is 476 g/mol. The molecule has 0 aromatic heterocycles. The lowest BCUT2D eigenvalue weighted by Gasteiger charge is -2.31. The van der Waals surface area contributed by atoms with Gasteiger partial charge in [0.05, 0.1) is 21.2 Å². The van der Waals surface area contributed by atoms with E-state index in [9.17, 15) is 16.8 Å². The van der Waals surface area contributed by atoms with Crippen LogP contribution in [-0.2, 0) is 26.5 Å². The number of rotatable bonds is 5. The standard InChI is InChI=1S/C22H21ClN2O4S2/c1-16-7-11-20(12-8-16)31(28,29)25-13-3-4-17-9-10-19(15-22(17)25)24-30(26,27)21-6-2-5-18(23)14-21/h2,5-12,14-15,24H,3-4,13H2,1H3. The molecule has 9 heteroatoms. The van der Waals surface area contributed by atoms with Crippen LogP contribution in [0.5, 0.6) is 0 Å². The smallest absolute Gasteiger partial charge is 0.264 e. The molecule has 3 aromatic carbocycles. The molecular formula is C22H21ClN2O4S2. The van der Waals surface area contributed by atoms with Gasteiger partial charge in [0.25, 0.3) is 20.0 Å². The van der Waals surface area contributed by atoms with Crippen LogP contribution in [0.1, 0.15) is 17.5 Å².